The highest BCUT2D eigenvalue weighted by atomic mass is 16.5. The summed E-state index contributed by atoms with van der Waals surface area (Å²) in [6.45, 7) is -0.275. The number of carbonyl (C=O) groups is 1. The average molecular weight is 453 g/mol. The quantitative estimate of drug-likeness (QED) is 0.297. The summed E-state index contributed by atoms with van der Waals surface area (Å²) in [5, 5.41) is 19.7. The molecular formula is C26H28O7. The average Bonchev–Trinajstić information content (AvgIpc) is 2.85. The molecule has 33 heavy (non-hydrogen) atoms. The summed E-state index contributed by atoms with van der Waals surface area (Å²) in [5.41, 5.74) is 1.47. The smallest absolute Gasteiger partial charge is 0.189 e. The van der Waals surface area contributed by atoms with Gasteiger partial charge in [-0.05, 0) is 53.6 Å². The van der Waals surface area contributed by atoms with Gasteiger partial charge < -0.3 is 29.2 Å². The summed E-state index contributed by atoms with van der Waals surface area (Å²) in [4.78, 5) is 12.8. The highest BCUT2D eigenvalue weighted by molar-refractivity contribution is 6.08. The Balaban J connectivity index is 2.31. The van der Waals surface area contributed by atoms with Gasteiger partial charge in [0.1, 0.15) is 5.76 Å². The predicted octanol–water partition coefficient (Wildman–Crippen LogP) is 4.38. The molecule has 0 aromatic heterocycles. The van der Waals surface area contributed by atoms with E-state index in [9.17, 15) is 9.90 Å². The SMILES string of the molecule is COc1ccc(/C=C/C(=O)C(/C=C/CO)=C(O)/C=C/c2ccc(OC)c(OC)c2)cc1OC. The lowest BCUT2D eigenvalue weighted by molar-refractivity contribution is -0.111. The summed E-state index contributed by atoms with van der Waals surface area (Å²) in [6, 6.07) is 10.5. The molecule has 0 bridgehead atoms. The summed E-state index contributed by atoms with van der Waals surface area (Å²) in [7, 11) is 6.15. The van der Waals surface area contributed by atoms with Gasteiger partial charge in [-0.3, -0.25) is 4.79 Å². The van der Waals surface area contributed by atoms with Crippen LogP contribution in [0.25, 0.3) is 12.2 Å². The van der Waals surface area contributed by atoms with Gasteiger partial charge in [0.15, 0.2) is 28.8 Å². The standard InChI is InChI=1S/C26H28O7/c1-30-23-13-9-18(16-25(23)32-3)7-11-21(28)20(6-5-15-27)22(29)12-8-19-10-14-24(31-2)26(17-19)33-4/h5-14,16-17,27-28H,15H2,1-4H3/b6-5+,11-7+,12-8+,21-20-. The van der Waals surface area contributed by atoms with Gasteiger partial charge in [0.25, 0.3) is 0 Å². The lowest BCUT2D eigenvalue weighted by Gasteiger charge is -2.08. The summed E-state index contributed by atoms with van der Waals surface area (Å²) < 4.78 is 21.0. The lowest BCUT2D eigenvalue weighted by atomic mass is 10.1. The third-order valence-corrected chi connectivity index (χ3v) is 4.61. The van der Waals surface area contributed by atoms with E-state index in [1.807, 2.05) is 0 Å². The second-order valence-corrected chi connectivity index (χ2v) is 6.64. The number of rotatable bonds is 11. The van der Waals surface area contributed by atoms with Crippen molar-refractivity contribution in [1.29, 1.82) is 0 Å². The van der Waals surface area contributed by atoms with Crippen molar-refractivity contribution < 1.29 is 34.0 Å². The number of hydrogen-bond acceptors (Lipinski definition) is 7. The third-order valence-electron chi connectivity index (χ3n) is 4.61. The second-order valence-electron chi connectivity index (χ2n) is 6.64. The molecule has 0 unspecified atom stereocenters. The summed E-state index contributed by atoms with van der Waals surface area (Å²) >= 11 is 0. The van der Waals surface area contributed by atoms with Crippen LogP contribution >= 0.6 is 0 Å². The van der Waals surface area contributed by atoms with E-state index >= 15 is 0 Å². The van der Waals surface area contributed by atoms with Gasteiger partial charge in [0, 0.05) is 0 Å². The van der Waals surface area contributed by atoms with Crippen LogP contribution in [0, 0.1) is 0 Å². The van der Waals surface area contributed by atoms with E-state index < -0.39 is 5.78 Å². The van der Waals surface area contributed by atoms with Crippen molar-refractivity contribution in [2.45, 2.75) is 0 Å². The van der Waals surface area contributed by atoms with Crippen LogP contribution in [0.1, 0.15) is 11.1 Å². The third kappa shape index (κ3) is 7.02. The first-order valence-corrected chi connectivity index (χ1v) is 10.0. The van der Waals surface area contributed by atoms with Gasteiger partial charge in [0.2, 0.25) is 0 Å². The number of allylic oxidation sites excluding steroid dienone is 4. The van der Waals surface area contributed by atoms with Gasteiger partial charge in [-0.2, -0.15) is 0 Å². The van der Waals surface area contributed by atoms with E-state index in [-0.39, 0.29) is 17.9 Å². The van der Waals surface area contributed by atoms with Gasteiger partial charge in [0.05, 0.1) is 40.6 Å². The minimum absolute atomic E-state index is 0.0255. The molecule has 0 radical (unpaired) electrons. The van der Waals surface area contributed by atoms with Crippen LogP contribution in [0.3, 0.4) is 0 Å². The molecule has 0 spiro atoms. The number of hydrogen-bond donors (Lipinski definition) is 2. The number of aliphatic hydroxyl groups excluding tert-OH is 2. The fourth-order valence-electron chi connectivity index (χ4n) is 2.90. The molecule has 2 rings (SSSR count). The maximum absolute atomic E-state index is 12.8. The molecule has 0 aliphatic heterocycles. The van der Waals surface area contributed by atoms with Crippen LogP contribution in [0.15, 0.2) is 72.0 Å². The van der Waals surface area contributed by atoms with Gasteiger partial charge >= 0.3 is 0 Å². The lowest BCUT2D eigenvalue weighted by Crippen LogP contribution is -2.00. The molecule has 174 valence electrons. The molecule has 0 aliphatic rings. The van der Waals surface area contributed by atoms with Crippen LogP contribution in [-0.2, 0) is 4.79 Å². The van der Waals surface area contributed by atoms with Crippen LogP contribution in [0.4, 0.5) is 0 Å². The predicted molar refractivity (Wildman–Crippen MR) is 128 cm³/mol. The number of aliphatic hydroxyl groups is 2. The van der Waals surface area contributed by atoms with Crippen molar-refractivity contribution in [3.8, 4) is 23.0 Å². The molecule has 0 heterocycles. The highest BCUT2D eigenvalue weighted by Gasteiger charge is 2.10. The molecule has 2 N–H and O–H groups in total. The number of ether oxygens (including phenoxy) is 4. The van der Waals surface area contributed by atoms with Crippen LogP contribution < -0.4 is 18.9 Å². The van der Waals surface area contributed by atoms with Gasteiger partial charge in [-0.15, -0.1) is 0 Å². The van der Waals surface area contributed by atoms with E-state index in [2.05, 4.69) is 0 Å². The van der Waals surface area contributed by atoms with Gasteiger partial charge in [-0.1, -0.05) is 30.4 Å². The fourth-order valence-corrected chi connectivity index (χ4v) is 2.90. The van der Waals surface area contributed by atoms with Crippen molar-refractivity contribution >= 4 is 17.9 Å². The first kappa shape index (κ1) is 25.3. The minimum Gasteiger partial charge on any atom is -0.507 e. The Morgan fingerprint density at radius 1 is 0.758 bits per heavy atom. The Bertz CT molecular complexity index is 1080. The number of carbonyl (C=O) groups excluding carboxylic acids is 1. The largest absolute Gasteiger partial charge is 0.507 e. The Morgan fingerprint density at radius 3 is 1.70 bits per heavy atom. The van der Waals surface area contributed by atoms with Gasteiger partial charge in [-0.25, -0.2) is 0 Å². The Kier molecular flexibility index (Phi) is 9.80. The molecule has 7 heteroatoms. The Morgan fingerprint density at radius 2 is 1.24 bits per heavy atom. The van der Waals surface area contributed by atoms with Crippen molar-refractivity contribution in [1.82, 2.24) is 0 Å². The number of ketones is 1. The van der Waals surface area contributed by atoms with E-state index in [0.717, 1.165) is 5.56 Å². The Labute approximate surface area is 193 Å². The van der Waals surface area contributed by atoms with Crippen LogP contribution in [-0.4, -0.2) is 51.0 Å². The molecule has 0 atom stereocenters. The topological polar surface area (TPSA) is 94.5 Å². The maximum Gasteiger partial charge on any atom is 0.189 e. The molecule has 2 aromatic rings. The maximum atomic E-state index is 12.8. The van der Waals surface area contributed by atoms with E-state index in [4.69, 9.17) is 24.1 Å². The zero-order valence-corrected chi connectivity index (χ0v) is 19.1. The first-order chi connectivity index (χ1) is 16.0. The monoisotopic (exact) mass is 452 g/mol. The van der Waals surface area contributed by atoms with Crippen LogP contribution in [0.5, 0.6) is 23.0 Å². The molecule has 7 nitrogen and oxygen atoms in total. The van der Waals surface area contributed by atoms with E-state index in [1.165, 1.54) is 38.5 Å². The van der Waals surface area contributed by atoms with Crippen molar-refractivity contribution in [3.05, 3.63) is 83.2 Å². The molecule has 0 aliphatic carbocycles. The molecule has 0 fully saturated rings. The normalized spacial score (nSPS) is 12.3. The molecule has 0 saturated heterocycles. The molecule has 0 saturated carbocycles. The zero-order chi connectivity index (χ0) is 24.2. The van der Waals surface area contributed by atoms with Crippen LogP contribution in [0.2, 0.25) is 0 Å². The van der Waals surface area contributed by atoms with Crippen molar-refractivity contribution in [3.63, 3.8) is 0 Å². The summed E-state index contributed by atoms with van der Waals surface area (Å²) in [6.07, 6.45) is 8.71. The summed E-state index contributed by atoms with van der Waals surface area (Å²) in [5.74, 6) is 1.53. The Hall–Kier alpha value is -3.97. The zero-order valence-electron chi connectivity index (χ0n) is 19.1. The number of benzene rings is 2. The second kappa shape index (κ2) is 12.8. The fraction of sp³-hybridized carbons (Fsp3) is 0.192. The van der Waals surface area contributed by atoms with E-state index in [0.29, 0.717) is 28.6 Å². The molecular weight excluding hydrogens is 424 g/mol. The number of methoxy groups -OCH3 is 4. The first-order valence-electron chi connectivity index (χ1n) is 10.0. The highest BCUT2D eigenvalue weighted by Crippen LogP contribution is 2.29. The minimum atomic E-state index is -0.441. The van der Waals surface area contributed by atoms with Crippen molar-refractivity contribution in [2.24, 2.45) is 0 Å². The molecule has 2 aromatic carbocycles. The van der Waals surface area contributed by atoms with Crippen molar-refractivity contribution in [2.75, 3.05) is 35.0 Å². The molecule has 0 amide bonds. The van der Waals surface area contributed by atoms with E-state index in [1.54, 1.807) is 62.8 Å².